The van der Waals surface area contributed by atoms with Gasteiger partial charge in [0.1, 0.15) is 5.82 Å². The molecule has 112 valence electrons. The number of aryl methyl sites for hydroxylation is 2. The Bertz CT molecular complexity index is 710. The first-order valence-corrected chi connectivity index (χ1v) is 7.79. The third kappa shape index (κ3) is 2.90. The molecule has 0 spiro atoms. The van der Waals surface area contributed by atoms with Gasteiger partial charge in [-0.3, -0.25) is 9.36 Å². The van der Waals surface area contributed by atoms with Crippen LogP contribution in [0.1, 0.15) is 28.8 Å². The standard InChI is InChI=1S/C13H9Cl5N2O/c1-3-6-19-5(2)4-20(6)13(21)7-8(14)10(16)12(18)11(17)9(7)15/h4H,3H2,1-2H3. The topological polar surface area (TPSA) is 34.9 Å². The lowest BCUT2D eigenvalue weighted by atomic mass is 10.2. The van der Waals surface area contributed by atoms with Gasteiger partial charge in [0.2, 0.25) is 0 Å². The summed E-state index contributed by atoms with van der Waals surface area (Å²) in [6, 6.07) is 0. The maximum absolute atomic E-state index is 12.7. The van der Waals surface area contributed by atoms with Crippen molar-refractivity contribution in [3.63, 3.8) is 0 Å². The van der Waals surface area contributed by atoms with Crippen LogP contribution in [0.4, 0.5) is 0 Å². The van der Waals surface area contributed by atoms with Gasteiger partial charge in [0.05, 0.1) is 36.4 Å². The van der Waals surface area contributed by atoms with Crippen molar-refractivity contribution < 1.29 is 4.79 Å². The van der Waals surface area contributed by atoms with Crippen molar-refractivity contribution in [2.24, 2.45) is 0 Å². The molecule has 0 N–H and O–H groups in total. The van der Waals surface area contributed by atoms with E-state index in [9.17, 15) is 4.79 Å². The van der Waals surface area contributed by atoms with Crippen molar-refractivity contribution in [3.8, 4) is 0 Å². The average Bonchev–Trinajstić information content (AvgIpc) is 2.84. The van der Waals surface area contributed by atoms with Gasteiger partial charge in [0.15, 0.2) is 0 Å². The Morgan fingerprint density at radius 2 is 1.52 bits per heavy atom. The molecule has 2 rings (SSSR count). The minimum Gasteiger partial charge on any atom is -0.269 e. The largest absolute Gasteiger partial charge is 0.269 e. The smallest absolute Gasteiger partial charge is 0.266 e. The average molecular weight is 386 g/mol. The number of carbonyl (C=O) groups excluding carboxylic acids is 1. The summed E-state index contributed by atoms with van der Waals surface area (Å²) in [4.78, 5) is 17.0. The first-order chi connectivity index (χ1) is 9.79. The van der Waals surface area contributed by atoms with Crippen LogP contribution >= 0.6 is 58.0 Å². The molecule has 2 aromatic rings. The van der Waals surface area contributed by atoms with Crippen molar-refractivity contribution in [2.75, 3.05) is 0 Å². The van der Waals surface area contributed by atoms with Crippen LogP contribution < -0.4 is 0 Å². The molecule has 0 radical (unpaired) electrons. The van der Waals surface area contributed by atoms with Crippen LogP contribution in [-0.4, -0.2) is 15.5 Å². The summed E-state index contributed by atoms with van der Waals surface area (Å²) < 4.78 is 1.38. The molecule has 0 bridgehead atoms. The zero-order valence-electron chi connectivity index (χ0n) is 11.0. The summed E-state index contributed by atoms with van der Waals surface area (Å²) in [5, 5.41) is -0.0664. The van der Waals surface area contributed by atoms with Gasteiger partial charge < -0.3 is 0 Å². The fraction of sp³-hybridized carbons (Fsp3) is 0.231. The van der Waals surface area contributed by atoms with Crippen molar-refractivity contribution in [3.05, 3.63) is 48.4 Å². The maximum atomic E-state index is 12.7. The highest BCUT2D eigenvalue weighted by Crippen LogP contribution is 2.44. The van der Waals surface area contributed by atoms with Gasteiger partial charge in [-0.05, 0) is 6.92 Å². The predicted molar refractivity (Wildman–Crippen MR) is 87.6 cm³/mol. The predicted octanol–water partition coefficient (Wildman–Crippen LogP) is 5.71. The van der Waals surface area contributed by atoms with Crippen LogP contribution in [-0.2, 0) is 6.42 Å². The second-order valence-corrected chi connectivity index (χ2v) is 6.16. The number of imidazole rings is 1. The first-order valence-electron chi connectivity index (χ1n) is 5.90. The highest BCUT2D eigenvalue weighted by molar-refractivity contribution is 6.56. The fourth-order valence-electron chi connectivity index (χ4n) is 1.89. The van der Waals surface area contributed by atoms with E-state index in [1.54, 1.807) is 13.1 Å². The summed E-state index contributed by atoms with van der Waals surface area (Å²) in [6.45, 7) is 3.67. The van der Waals surface area contributed by atoms with Gasteiger partial charge in [-0.2, -0.15) is 0 Å². The van der Waals surface area contributed by atoms with Gasteiger partial charge in [0, 0.05) is 12.6 Å². The zero-order valence-corrected chi connectivity index (χ0v) is 14.8. The zero-order chi connectivity index (χ0) is 15.9. The van der Waals surface area contributed by atoms with Crippen LogP contribution in [0.2, 0.25) is 25.1 Å². The van der Waals surface area contributed by atoms with E-state index in [2.05, 4.69) is 4.98 Å². The summed E-state index contributed by atoms with van der Waals surface area (Å²) >= 11 is 30.1. The molecule has 1 heterocycles. The second-order valence-electron chi connectivity index (χ2n) is 4.27. The monoisotopic (exact) mass is 384 g/mol. The van der Waals surface area contributed by atoms with E-state index < -0.39 is 5.91 Å². The lowest BCUT2D eigenvalue weighted by molar-refractivity contribution is 0.0957. The number of aromatic nitrogens is 2. The number of rotatable bonds is 2. The van der Waals surface area contributed by atoms with E-state index >= 15 is 0 Å². The molecule has 0 saturated heterocycles. The molecule has 0 aliphatic heterocycles. The molecule has 0 amide bonds. The molecule has 21 heavy (non-hydrogen) atoms. The highest BCUT2D eigenvalue weighted by atomic mass is 35.5. The maximum Gasteiger partial charge on any atom is 0.266 e. The lowest BCUT2D eigenvalue weighted by Crippen LogP contribution is -2.15. The van der Waals surface area contributed by atoms with Crippen molar-refractivity contribution in [1.29, 1.82) is 0 Å². The Kier molecular flexibility index (Phi) is 5.11. The molecule has 0 fully saturated rings. The van der Waals surface area contributed by atoms with Gasteiger partial charge in [-0.15, -0.1) is 0 Å². The number of carbonyl (C=O) groups is 1. The third-order valence-electron chi connectivity index (χ3n) is 2.86. The lowest BCUT2D eigenvalue weighted by Gasteiger charge is -2.12. The molecule has 0 aliphatic carbocycles. The minimum atomic E-state index is -0.456. The van der Waals surface area contributed by atoms with Crippen LogP contribution in [0, 0.1) is 6.92 Å². The minimum absolute atomic E-state index is 0.00448. The Morgan fingerprint density at radius 3 is 2.00 bits per heavy atom. The summed E-state index contributed by atoms with van der Waals surface area (Å²) in [6.07, 6.45) is 2.17. The summed E-state index contributed by atoms with van der Waals surface area (Å²) in [5.41, 5.74) is 0.712. The molecule has 1 aromatic heterocycles. The van der Waals surface area contributed by atoms with Gasteiger partial charge in [-0.25, -0.2) is 4.98 Å². The van der Waals surface area contributed by atoms with Gasteiger partial charge in [-0.1, -0.05) is 64.9 Å². The third-order valence-corrected chi connectivity index (χ3v) is 5.13. The Morgan fingerprint density at radius 1 is 1.05 bits per heavy atom. The number of halogens is 5. The number of nitrogens with zero attached hydrogens (tertiary/aromatic N) is 2. The van der Waals surface area contributed by atoms with E-state index in [0.29, 0.717) is 17.9 Å². The van der Waals surface area contributed by atoms with E-state index in [-0.39, 0.29) is 30.7 Å². The van der Waals surface area contributed by atoms with Crippen molar-refractivity contribution >= 4 is 63.9 Å². The SMILES string of the molecule is CCc1nc(C)cn1C(=O)c1c(Cl)c(Cl)c(Cl)c(Cl)c1Cl. The summed E-state index contributed by atoms with van der Waals surface area (Å²) in [7, 11) is 0. The molecule has 8 heteroatoms. The Labute approximate surface area is 146 Å². The van der Waals surface area contributed by atoms with E-state index in [1.165, 1.54) is 4.57 Å². The molecular weight excluding hydrogens is 377 g/mol. The molecule has 0 unspecified atom stereocenters. The quantitative estimate of drug-likeness (QED) is 0.489. The fourth-order valence-corrected chi connectivity index (χ4v) is 3.19. The normalized spacial score (nSPS) is 11.0. The van der Waals surface area contributed by atoms with Crippen LogP contribution in [0.15, 0.2) is 6.20 Å². The van der Waals surface area contributed by atoms with Crippen LogP contribution in [0.25, 0.3) is 0 Å². The molecule has 0 aliphatic rings. The number of hydrogen-bond acceptors (Lipinski definition) is 2. The molecule has 1 aromatic carbocycles. The van der Waals surface area contributed by atoms with Gasteiger partial charge >= 0.3 is 0 Å². The number of hydrogen-bond donors (Lipinski definition) is 0. The molecule has 3 nitrogen and oxygen atoms in total. The van der Waals surface area contributed by atoms with E-state index in [0.717, 1.165) is 0 Å². The van der Waals surface area contributed by atoms with Crippen molar-refractivity contribution in [1.82, 2.24) is 9.55 Å². The van der Waals surface area contributed by atoms with E-state index in [1.807, 2.05) is 6.92 Å². The Hall–Kier alpha value is -0.450. The Balaban J connectivity index is 2.69. The van der Waals surface area contributed by atoms with Crippen molar-refractivity contribution in [2.45, 2.75) is 20.3 Å². The van der Waals surface area contributed by atoms with Gasteiger partial charge in [0.25, 0.3) is 5.91 Å². The highest BCUT2D eigenvalue weighted by Gasteiger charge is 2.26. The van der Waals surface area contributed by atoms with Crippen LogP contribution in [0.5, 0.6) is 0 Å². The molecular formula is C13H9Cl5N2O. The second kappa shape index (κ2) is 6.35. The molecule has 0 atom stereocenters. The number of benzene rings is 1. The molecule has 0 saturated carbocycles. The summed E-state index contributed by atoms with van der Waals surface area (Å²) in [5.74, 6) is 0.134. The first kappa shape index (κ1) is 16.9. The van der Waals surface area contributed by atoms with Crippen LogP contribution in [0.3, 0.4) is 0 Å². The van der Waals surface area contributed by atoms with E-state index in [4.69, 9.17) is 58.0 Å².